The Morgan fingerprint density at radius 3 is 2.69 bits per heavy atom. The molecule has 0 radical (unpaired) electrons. The average Bonchev–Trinajstić information content (AvgIpc) is 2.48. The molecule has 1 N–H and O–H groups in total. The first-order chi connectivity index (χ1) is 7.44. The van der Waals surface area contributed by atoms with E-state index >= 15 is 0 Å². The molecule has 2 nitrogen and oxygen atoms in total. The molecule has 0 saturated heterocycles. The largest absolute Gasteiger partial charge is 0.401 e. The smallest absolute Gasteiger partial charge is 0.379 e. The van der Waals surface area contributed by atoms with E-state index in [9.17, 15) is 13.2 Å². The van der Waals surface area contributed by atoms with Crippen molar-refractivity contribution < 1.29 is 17.9 Å². The van der Waals surface area contributed by atoms with Gasteiger partial charge in [-0.3, -0.25) is 0 Å². The van der Waals surface area contributed by atoms with Crippen LogP contribution in [0.25, 0.3) is 0 Å². The molecule has 0 aliphatic heterocycles. The molecule has 1 rings (SSSR count). The number of nitrogens with one attached hydrogen (secondary N) is 1. The van der Waals surface area contributed by atoms with E-state index < -0.39 is 12.7 Å². The molecule has 6 heteroatoms. The van der Waals surface area contributed by atoms with Crippen molar-refractivity contribution in [2.45, 2.75) is 26.3 Å². The Labute approximate surface area is 96.4 Å². The highest BCUT2D eigenvalue weighted by molar-refractivity contribution is 7.10. The molecule has 1 heterocycles. The number of rotatable bonds is 5. The molecule has 0 amide bonds. The zero-order valence-corrected chi connectivity index (χ0v) is 9.97. The van der Waals surface area contributed by atoms with Gasteiger partial charge < -0.3 is 10.1 Å². The summed E-state index contributed by atoms with van der Waals surface area (Å²) in [6.45, 7) is 1.69. The predicted octanol–water partition coefficient (Wildman–Crippen LogP) is 2.85. The van der Waals surface area contributed by atoms with E-state index in [0.717, 1.165) is 16.0 Å². The van der Waals surface area contributed by atoms with Crippen molar-refractivity contribution in [1.29, 1.82) is 0 Å². The molecule has 92 valence electrons. The highest BCUT2D eigenvalue weighted by Crippen LogP contribution is 2.22. The molecule has 1 aromatic heterocycles. The molecular formula is C10H14F3NOS. The zero-order valence-electron chi connectivity index (χ0n) is 9.15. The van der Waals surface area contributed by atoms with Crippen LogP contribution < -0.4 is 5.32 Å². The lowest BCUT2D eigenvalue weighted by Crippen LogP contribution is -2.28. The maximum atomic E-state index is 11.9. The summed E-state index contributed by atoms with van der Waals surface area (Å²) >= 11 is 1.51. The van der Waals surface area contributed by atoms with Gasteiger partial charge in [0.1, 0.15) is 0 Å². The van der Waals surface area contributed by atoms with Crippen molar-refractivity contribution in [3.05, 3.63) is 21.4 Å². The molecule has 0 aliphatic carbocycles. The second kappa shape index (κ2) is 5.65. The summed E-state index contributed by atoms with van der Waals surface area (Å²) in [7, 11) is 1.60. The van der Waals surface area contributed by atoms with Gasteiger partial charge in [-0.15, -0.1) is 11.3 Å². The normalized spacial score (nSPS) is 12.1. The lowest BCUT2D eigenvalue weighted by atomic mass is 10.2. The Bertz CT molecular complexity index is 335. The monoisotopic (exact) mass is 253 g/mol. The van der Waals surface area contributed by atoms with E-state index in [1.54, 1.807) is 7.11 Å². The van der Waals surface area contributed by atoms with E-state index in [2.05, 4.69) is 5.32 Å². The molecule has 0 aromatic carbocycles. The molecule has 0 saturated carbocycles. The van der Waals surface area contributed by atoms with E-state index in [1.165, 1.54) is 11.3 Å². The first kappa shape index (κ1) is 13.5. The third-order valence-corrected chi connectivity index (χ3v) is 3.27. The third-order valence-electron chi connectivity index (χ3n) is 2.16. The molecule has 16 heavy (non-hydrogen) atoms. The lowest BCUT2D eigenvalue weighted by molar-refractivity contribution is -0.125. The Balaban J connectivity index is 2.48. The summed E-state index contributed by atoms with van der Waals surface area (Å²) in [5, 5.41) is 4.25. The fraction of sp³-hybridized carbons (Fsp3) is 0.600. The molecule has 0 aliphatic rings. The van der Waals surface area contributed by atoms with Crippen LogP contribution in [0.1, 0.15) is 16.0 Å². The van der Waals surface area contributed by atoms with Crippen LogP contribution in [0.4, 0.5) is 13.2 Å². The quantitative estimate of drug-likeness (QED) is 0.871. The van der Waals surface area contributed by atoms with Crippen molar-refractivity contribution >= 4 is 11.3 Å². The summed E-state index contributed by atoms with van der Waals surface area (Å²) < 4.78 is 40.7. The number of alkyl halides is 3. The van der Waals surface area contributed by atoms with Crippen molar-refractivity contribution in [1.82, 2.24) is 5.32 Å². The molecule has 0 spiro atoms. The van der Waals surface area contributed by atoms with E-state index in [0.29, 0.717) is 6.61 Å². The van der Waals surface area contributed by atoms with Crippen molar-refractivity contribution in [3.8, 4) is 0 Å². The standard InChI is InChI=1S/C10H14F3NOS/c1-7-8(3-14-6-10(11,12)13)5-16-9(7)4-15-2/h5,14H,3-4,6H2,1-2H3. The van der Waals surface area contributed by atoms with Crippen LogP contribution in [-0.2, 0) is 17.9 Å². The van der Waals surface area contributed by atoms with Crippen molar-refractivity contribution in [2.24, 2.45) is 0 Å². The van der Waals surface area contributed by atoms with Gasteiger partial charge in [-0.2, -0.15) is 13.2 Å². The third kappa shape index (κ3) is 4.11. The zero-order chi connectivity index (χ0) is 12.2. The fourth-order valence-electron chi connectivity index (χ4n) is 1.28. The lowest BCUT2D eigenvalue weighted by Gasteiger charge is -2.08. The Hall–Kier alpha value is -0.590. The second-order valence-electron chi connectivity index (χ2n) is 3.46. The maximum absolute atomic E-state index is 11.9. The van der Waals surface area contributed by atoms with Gasteiger partial charge in [0, 0.05) is 18.5 Å². The topological polar surface area (TPSA) is 21.3 Å². The van der Waals surface area contributed by atoms with Gasteiger partial charge in [0.2, 0.25) is 0 Å². The number of methoxy groups -OCH3 is 1. The Kier molecular flexibility index (Phi) is 4.76. The number of ether oxygens (including phenoxy) is 1. The van der Waals surface area contributed by atoms with E-state index in [4.69, 9.17) is 4.74 Å². The number of hydrogen-bond acceptors (Lipinski definition) is 3. The minimum atomic E-state index is -4.15. The summed E-state index contributed by atoms with van der Waals surface area (Å²) in [6, 6.07) is 0. The first-order valence-corrected chi connectivity index (χ1v) is 5.64. The van der Waals surface area contributed by atoms with Crippen molar-refractivity contribution in [2.75, 3.05) is 13.7 Å². The molecule has 1 aromatic rings. The average molecular weight is 253 g/mol. The van der Waals surface area contributed by atoms with Crippen LogP contribution in [-0.4, -0.2) is 19.8 Å². The summed E-state index contributed by atoms with van der Waals surface area (Å²) in [5.41, 5.74) is 1.92. The molecule has 0 unspecified atom stereocenters. The van der Waals surface area contributed by atoms with Gasteiger partial charge >= 0.3 is 6.18 Å². The van der Waals surface area contributed by atoms with E-state index in [1.807, 2.05) is 12.3 Å². The molecule has 0 fully saturated rings. The Morgan fingerprint density at radius 2 is 2.12 bits per heavy atom. The predicted molar refractivity (Wildman–Crippen MR) is 57.5 cm³/mol. The highest BCUT2D eigenvalue weighted by Gasteiger charge is 2.26. The van der Waals surface area contributed by atoms with Crippen LogP contribution in [0, 0.1) is 6.92 Å². The minimum Gasteiger partial charge on any atom is -0.379 e. The summed E-state index contributed by atoms with van der Waals surface area (Å²) in [4.78, 5) is 1.06. The van der Waals surface area contributed by atoms with Crippen LogP contribution in [0.15, 0.2) is 5.38 Å². The maximum Gasteiger partial charge on any atom is 0.401 e. The minimum absolute atomic E-state index is 0.242. The molecular weight excluding hydrogens is 239 g/mol. The SMILES string of the molecule is COCc1scc(CNCC(F)(F)F)c1C. The van der Waals surface area contributed by atoms with Crippen molar-refractivity contribution in [3.63, 3.8) is 0 Å². The Morgan fingerprint density at radius 1 is 1.44 bits per heavy atom. The summed E-state index contributed by atoms with van der Waals surface area (Å²) in [5.74, 6) is 0. The van der Waals surface area contributed by atoms with Gasteiger partial charge in [-0.1, -0.05) is 0 Å². The first-order valence-electron chi connectivity index (χ1n) is 4.76. The molecule has 0 atom stereocenters. The van der Waals surface area contributed by atoms with Gasteiger partial charge in [0.15, 0.2) is 0 Å². The second-order valence-corrected chi connectivity index (χ2v) is 4.43. The van der Waals surface area contributed by atoms with E-state index in [-0.39, 0.29) is 6.54 Å². The number of halogens is 3. The van der Waals surface area contributed by atoms with Crippen LogP contribution >= 0.6 is 11.3 Å². The highest BCUT2D eigenvalue weighted by atomic mass is 32.1. The van der Waals surface area contributed by atoms with Gasteiger partial charge in [-0.25, -0.2) is 0 Å². The number of hydrogen-bond donors (Lipinski definition) is 1. The van der Waals surface area contributed by atoms with Crippen LogP contribution in [0.3, 0.4) is 0 Å². The van der Waals surface area contributed by atoms with Crippen LogP contribution in [0.2, 0.25) is 0 Å². The van der Waals surface area contributed by atoms with Gasteiger partial charge in [0.05, 0.1) is 13.2 Å². The van der Waals surface area contributed by atoms with Gasteiger partial charge in [-0.05, 0) is 23.4 Å². The number of thiophene rings is 1. The fourth-order valence-corrected chi connectivity index (χ4v) is 2.32. The van der Waals surface area contributed by atoms with Crippen LogP contribution in [0.5, 0.6) is 0 Å². The molecule has 0 bridgehead atoms. The summed E-state index contributed by atoms with van der Waals surface area (Å²) in [6.07, 6.45) is -4.15. The van der Waals surface area contributed by atoms with Gasteiger partial charge in [0.25, 0.3) is 0 Å².